The molecule has 1 heterocycles. The molecule has 3 aromatic rings. The Morgan fingerprint density at radius 2 is 1.83 bits per heavy atom. The number of halogens is 2. The normalized spacial score (nSPS) is 11.1. The first-order valence-corrected chi connectivity index (χ1v) is 6.31. The molecule has 18 heavy (non-hydrogen) atoms. The number of nitrogens with zero attached hydrogens (tertiary/aromatic N) is 1. The molecule has 90 valence electrons. The molecule has 0 spiro atoms. The molecule has 0 bridgehead atoms. The van der Waals surface area contributed by atoms with E-state index in [9.17, 15) is 0 Å². The van der Waals surface area contributed by atoms with Gasteiger partial charge in [0, 0.05) is 5.56 Å². The van der Waals surface area contributed by atoms with Crippen molar-refractivity contribution in [3.05, 3.63) is 52.0 Å². The summed E-state index contributed by atoms with van der Waals surface area (Å²) in [4.78, 5) is 7.82. The van der Waals surface area contributed by atoms with Gasteiger partial charge in [0.2, 0.25) is 0 Å². The minimum Gasteiger partial charge on any atom is -0.338 e. The van der Waals surface area contributed by atoms with E-state index < -0.39 is 0 Å². The van der Waals surface area contributed by atoms with E-state index in [2.05, 4.69) is 23.0 Å². The zero-order chi connectivity index (χ0) is 12.7. The Kier molecular flexibility index (Phi) is 2.77. The highest BCUT2D eigenvalue weighted by molar-refractivity contribution is 6.42. The first-order chi connectivity index (χ1) is 8.63. The van der Waals surface area contributed by atoms with Crippen LogP contribution in [0.2, 0.25) is 10.0 Å². The van der Waals surface area contributed by atoms with E-state index in [-0.39, 0.29) is 0 Å². The lowest BCUT2D eigenvalue weighted by molar-refractivity contribution is 1.34. The molecule has 0 amide bonds. The van der Waals surface area contributed by atoms with Gasteiger partial charge >= 0.3 is 0 Å². The Labute approximate surface area is 115 Å². The van der Waals surface area contributed by atoms with Crippen LogP contribution in [0.15, 0.2) is 36.4 Å². The third kappa shape index (κ3) is 1.98. The second-order valence-electron chi connectivity index (χ2n) is 4.23. The third-order valence-corrected chi connectivity index (χ3v) is 3.57. The van der Waals surface area contributed by atoms with Crippen LogP contribution in [-0.2, 0) is 0 Å². The van der Waals surface area contributed by atoms with Crippen LogP contribution in [0.3, 0.4) is 0 Å². The van der Waals surface area contributed by atoms with Gasteiger partial charge in [-0.3, -0.25) is 0 Å². The van der Waals surface area contributed by atoms with Crippen molar-refractivity contribution in [2.75, 3.05) is 0 Å². The maximum absolute atomic E-state index is 6.01. The summed E-state index contributed by atoms with van der Waals surface area (Å²) in [5, 5.41) is 1.08. The highest BCUT2D eigenvalue weighted by atomic mass is 35.5. The molecule has 0 saturated carbocycles. The van der Waals surface area contributed by atoms with Gasteiger partial charge in [0.05, 0.1) is 21.1 Å². The predicted molar refractivity (Wildman–Crippen MR) is 76.3 cm³/mol. The molecule has 4 heteroatoms. The van der Waals surface area contributed by atoms with Gasteiger partial charge in [-0.25, -0.2) is 4.98 Å². The van der Waals surface area contributed by atoms with Gasteiger partial charge in [-0.2, -0.15) is 0 Å². The summed E-state index contributed by atoms with van der Waals surface area (Å²) in [6.45, 7) is 2.05. The Balaban J connectivity index is 2.16. The molecule has 0 atom stereocenters. The minimum absolute atomic E-state index is 0.533. The fraction of sp³-hybridized carbons (Fsp3) is 0.0714. The second-order valence-corrected chi connectivity index (χ2v) is 5.05. The number of hydrogen-bond donors (Lipinski definition) is 1. The van der Waals surface area contributed by atoms with Gasteiger partial charge in [0.15, 0.2) is 0 Å². The first kappa shape index (κ1) is 11.6. The van der Waals surface area contributed by atoms with Crippen LogP contribution < -0.4 is 0 Å². The van der Waals surface area contributed by atoms with Gasteiger partial charge in [-0.1, -0.05) is 29.3 Å². The fourth-order valence-electron chi connectivity index (χ4n) is 1.90. The SMILES string of the molecule is Cc1ccc2nc(-c3ccc(Cl)c(Cl)c3)[nH]c2c1. The largest absolute Gasteiger partial charge is 0.338 e. The van der Waals surface area contributed by atoms with E-state index in [1.54, 1.807) is 6.07 Å². The van der Waals surface area contributed by atoms with Crippen molar-refractivity contribution in [2.24, 2.45) is 0 Å². The molecule has 1 N–H and O–H groups in total. The third-order valence-electron chi connectivity index (χ3n) is 2.83. The maximum Gasteiger partial charge on any atom is 0.138 e. The lowest BCUT2D eigenvalue weighted by Gasteiger charge is -1.99. The molecule has 0 aliphatic carbocycles. The quantitative estimate of drug-likeness (QED) is 0.677. The van der Waals surface area contributed by atoms with Crippen molar-refractivity contribution < 1.29 is 0 Å². The van der Waals surface area contributed by atoms with Gasteiger partial charge in [0.1, 0.15) is 5.82 Å². The lowest BCUT2D eigenvalue weighted by atomic mass is 10.2. The van der Waals surface area contributed by atoms with E-state index in [0.29, 0.717) is 10.0 Å². The number of aryl methyl sites for hydroxylation is 1. The van der Waals surface area contributed by atoms with E-state index >= 15 is 0 Å². The molecule has 0 fully saturated rings. The standard InChI is InChI=1S/C14H10Cl2N2/c1-8-2-5-12-13(6-8)18-14(17-12)9-3-4-10(15)11(16)7-9/h2-7H,1H3,(H,17,18). The molecule has 0 saturated heterocycles. The number of rotatable bonds is 1. The average Bonchev–Trinajstić information content (AvgIpc) is 2.75. The molecular weight excluding hydrogens is 267 g/mol. The second kappa shape index (κ2) is 4.30. The molecule has 1 aromatic heterocycles. The van der Waals surface area contributed by atoms with E-state index in [0.717, 1.165) is 22.4 Å². The monoisotopic (exact) mass is 276 g/mol. The number of H-pyrrole nitrogens is 1. The molecule has 3 rings (SSSR count). The minimum atomic E-state index is 0.533. The number of nitrogens with one attached hydrogen (secondary N) is 1. The molecule has 0 unspecified atom stereocenters. The smallest absolute Gasteiger partial charge is 0.138 e. The molecule has 2 nitrogen and oxygen atoms in total. The number of fused-ring (bicyclic) bond motifs is 1. The van der Waals surface area contributed by atoms with E-state index in [4.69, 9.17) is 23.2 Å². The van der Waals surface area contributed by atoms with Crippen molar-refractivity contribution >= 4 is 34.2 Å². The molecular formula is C14H10Cl2N2. The number of imidazole rings is 1. The van der Waals surface area contributed by atoms with Gasteiger partial charge in [-0.05, 0) is 42.8 Å². The van der Waals surface area contributed by atoms with Crippen LogP contribution in [0.25, 0.3) is 22.4 Å². The average molecular weight is 277 g/mol. The molecule has 0 aliphatic heterocycles. The van der Waals surface area contributed by atoms with Crippen LogP contribution in [0.4, 0.5) is 0 Å². The summed E-state index contributed by atoms with van der Waals surface area (Å²) in [5.74, 6) is 0.800. The summed E-state index contributed by atoms with van der Waals surface area (Å²) < 4.78 is 0. The van der Waals surface area contributed by atoms with Gasteiger partial charge < -0.3 is 4.98 Å². The van der Waals surface area contributed by atoms with Crippen molar-refractivity contribution in [1.82, 2.24) is 9.97 Å². The van der Waals surface area contributed by atoms with Crippen molar-refractivity contribution in [2.45, 2.75) is 6.92 Å². The van der Waals surface area contributed by atoms with Crippen LogP contribution >= 0.6 is 23.2 Å². The Hall–Kier alpha value is -1.51. The lowest BCUT2D eigenvalue weighted by Crippen LogP contribution is -1.80. The number of hydrogen-bond acceptors (Lipinski definition) is 1. The summed E-state index contributed by atoms with van der Waals surface area (Å²) in [6.07, 6.45) is 0. The van der Waals surface area contributed by atoms with Crippen LogP contribution in [0, 0.1) is 6.92 Å². The van der Waals surface area contributed by atoms with Crippen molar-refractivity contribution in [3.8, 4) is 11.4 Å². The number of aromatic amines is 1. The summed E-state index contributed by atoms with van der Waals surface area (Å²) >= 11 is 11.9. The zero-order valence-corrected chi connectivity index (χ0v) is 11.2. The molecule has 2 aromatic carbocycles. The highest BCUT2D eigenvalue weighted by Gasteiger charge is 2.07. The highest BCUT2D eigenvalue weighted by Crippen LogP contribution is 2.28. The Bertz CT molecular complexity index is 732. The molecule has 0 radical (unpaired) electrons. The number of aromatic nitrogens is 2. The maximum atomic E-state index is 6.01. The fourth-order valence-corrected chi connectivity index (χ4v) is 2.20. The van der Waals surface area contributed by atoms with E-state index in [1.165, 1.54) is 5.56 Å². The summed E-state index contributed by atoms with van der Waals surface area (Å²) in [7, 11) is 0. The first-order valence-electron chi connectivity index (χ1n) is 5.55. The number of benzene rings is 2. The summed E-state index contributed by atoms with van der Waals surface area (Å²) in [5.41, 5.74) is 4.10. The van der Waals surface area contributed by atoms with Crippen LogP contribution in [-0.4, -0.2) is 9.97 Å². The zero-order valence-electron chi connectivity index (χ0n) is 9.67. The Morgan fingerprint density at radius 1 is 1.00 bits per heavy atom. The van der Waals surface area contributed by atoms with Crippen LogP contribution in [0.5, 0.6) is 0 Å². The summed E-state index contributed by atoms with van der Waals surface area (Å²) in [6, 6.07) is 11.6. The van der Waals surface area contributed by atoms with Gasteiger partial charge in [0.25, 0.3) is 0 Å². The van der Waals surface area contributed by atoms with Crippen LogP contribution in [0.1, 0.15) is 5.56 Å². The van der Waals surface area contributed by atoms with Crippen molar-refractivity contribution in [1.29, 1.82) is 0 Å². The van der Waals surface area contributed by atoms with E-state index in [1.807, 2.05) is 24.3 Å². The molecule has 0 aliphatic rings. The predicted octanol–water partition coefficient (Wildman–Crippen LogP) is 4.85. The topological polar surface area (TPSA) is 28.7 Å². The van der Waals surface area contributed by atoms with Gasteiger partial charge in [-0.15, -0.1) is 0 Å². The Morgan fingerprint density at radius 3 is 2.61 bits per heavy atom. The van der Waals surface area contributed by atoms with Crippen molar-refractivity contribution in [3.63, 3.8) is 0 Å².